The zero-order valence-electron chi connectivity index (χ0n) is 19.3. The number of carbonyl (C=O) groups is 2. The fourth-order valence-electron chi connectivity index (χ4n) is 4.17. The van der Waals surface area contributed by atoms with Crippen LogP contribution in [0, 0.1) is 0 Å². The zero-order chi connectivity index (χ0) is 25.7. The van der Waals surface area contributed by atoms with E-state index in [0.29, 0.717) is 0 Å². The Hall–Kier alpha value is -2.20. The number of carbonyl (C=O) groups excluding carboxylic acids is 2. The van der Waals surface area contributed by atoms with Crippen LogP contribution < -0.4 is 10.6 Å². The van der Waals surface area contributed by atoms with Crippen LogP contribution in [0.5, 0.6) is 0 Å². The molecule has 1 aromatic rings. The molecule has 2 heterocycles. The van der Waals surface area contributed by atoms with E-state index in [1.807, 2.05) is 0 Å². The third-order valence-corrected chi connectivity index (χ3v) is 5.96. The number of rotatable bonds is 8. The zero-order valence-corrected chi connectivity index (χ0v) is 19.3. The van der Waals surface area contributed by atoms with Crippen molar-refractivity contribution in [1.29, 1.82) is 0 Å². The van der Waals surface area contributed by atoms with E-state index in [2.05, 4.69) is 10.6 Å². The molecule has 13 heteroatoms. The maximum atomic E-state index is 12.6. The SMILES string of the molecule is COC1OC(CO)C(OC2OC(CO)C(O)C(NC(=O)c3ccccc3)C2O)C(O)C1NC(C)=O. The molecule has 0 bridgehead atoms. The van der Waals surface area contributed by atoms with Crippen molar-refractivity contribution in [2.45, 2.75) is 68.2 Å². The molecule has 2 amide bonds. The average Bonchev–Trinajstić information content (AvgIpc) is 2.85. The minimum Gasteiger partial charge on any atom is -0.394 e. The normalized spacial score (nSPS) is 37.5. The van der Waals surface area contributed by atoms with Crippen LogP contribution in [0.4, 0.5) is 0 Å². The molecule has 10 unspecified atom stereocenters. The van der Waals surface area contributed by atoms with Crippen molar-refractivity contribution in [2.75, 3.05) is 20.3 Å². The number of hydrogen-bond acceptors (Lipinski definition) is 11. The van der Waals surface area contributed by atoms with E-state index >= 15 is 0 Å². The lowest BCUT2D eigenvalue weighted by Crippen LogP contribution is -2.69. The topological polar surface area (TPSA) is 196 Å². The van der Waals surface area contributed by atoms with Crippen LogP contribution in [-0.2, 0) is 23.7 Å². The fourth-order valence-corrected chi connectivity index (χ4v) is 4.17. The van der Waals surface area contributed by atoms with Crippen LogP contribution in [0.1, 0.15) is 17.3 Å². The van der Waals surface area contributed by atoms with Gasteiger partial charge in [0.2, 0.25) is 5.91 Å². The van der Waals surface area contributed by atoms with E-state index in [9.17, 15) is 35.1 Å². The largest absolute Gasteiger partial charge is 0.394 e. The molecule has 0 aromatic heterocycles. The molecule has 3 rings (SSSR count). The highest BCUT2D eigenvalue weighted by atomic mass is 16.7. The van der Waals surface area contributed by atoms with Crippen molar-refractivity contribution in [3.05, 3.63) is 35.9 Å². The lowest BCUT2D eigenvalue weighted by Gasteiger charge is -2.47. The smallest absolute Gasteiger partial charge is 0.251 e. The number of aliphatic hydroxyl groups is 5. The van der Waals surface area contributed by atoms with Gasteiger partial charge in [0, 0.05) is 19.6 Å². The summed E-state index contributed by atoms with van der Waals surface area (Å²) >= 11 is 0. The summed E-state index contributed by atoms with van der Waals surface area (Å²) in [5, 5.41) is 56.9. The second-order valence-electron chi connectivity index (χ2n) is 8.35. The van der Waals surface area contributed by atoms with Crippen LogP contribution in [0.2, 0.25) is 0 Å². The van der Waals surface area contributed by atoms with E-state index < -0.39 is 86.3 Å². The Balaban J connectivity index is 1.81. The summed E-state index contributed by atoms with van der Waals surface area (Å²) in [5.41, 5.74) is 0.275. The first kappa shape index (κ1) is 27.4. The molecule has 2 fully saturated rings. The summed E-state index contributed by atoms with van der Waals surface area (Å²) in [6.07, 6.45) is -11.0. The molecule has 2 aliphatic rings. The number of amides is 2. The monoisotopic (exact) mass is 500 g/mol. The van der Waals surface area contributed by atoms with Gasteiger partial charge in [-0.2, -0.15) is 0 Å². The summed E-state index contributed by atoms with van der Waals surface area (Å²) < 4.78 is 22.0. The Bertz CT molecular complexity index is 844. The quantitative estimate of drug-likeness (QED) is 0.190. The third-order valence-electron chi connectivity index (χ3n) is 5.96. The van der Waals surface area contributed by atoms with Gasteiger partial charge in [-0.15, -0.1) is 0 Å². The summed E-state index contributed by atoms with van der Waals surface area (Å²) in [7, 11) is 1.29. The Labute approximate surface area is 201 Å². The number of ether oxygens (including phenoxy) is 4. The molecule has 13 nitrogen and oxygen atoms in total. The average molecular weight is 501 g/mol. The molecule has 0 saturated carbocycles. The van der Waals surface area contributed by atoms with Gasteiger partial charge in [0.15, 0.2) is 12.6 Å². The maximum Gasteiger partial charge on any atom is 0.251 e. The summed E-state index contributed by atoms with van der Waals surface area (Å²) in [5.74, 6) is -1.07. The lowest BCUT2D eigenvalue weighted by atomic mass is 9.94. The second kappa shape index (κ2) is 12.2. The molecule has 0 spiro atoms. The van der Waals surface area contributed by atoms with Crippen molar-refractivity contribution in [2.24, 2.45) is 0 Å². The highest BCUT2D eigenvalue weighted by molar-refractivity contribution is 5.94. The van der Waals surface area contributed by atoms with Gasteiger partial charge < -0.3 is 55.1 Å². The van der Waals surface area contributed by atoms with E-state index in [1.165, 1.54) is 14.0 Å². The Morgan fingerprint density at radius 3 is 2.09 bits per heavy atom. The van der Waals surface area contributed by atoms with Gasteiger partial charge in [-0.25, -0.2) is 0 Å². The Kier molecular flexibility index (Phi) is 9.52. The first-order valence-corrected chi connectivity index (χ1v) is 11.1. The minimum absolute atomic E-state index is 0.275. The van der Waals surface area contributed by atoms with Gasteiger partial charge in [0.05, 0.1) is 19.3 Å². The van der Waals surface area contributed by atoms with Gasteiger partial charge in [-0.05, 0) is 12.1 Å². The molecule has 2 saturated heterocycles. The number of benzene rings is 1. The molecule has 7 N–H and O–H groups in total. The van der Waals surface area contributed by atoms with Crippen LogP contribution in [0.15, 0.2) is 30.3 Å². The first-order valence-electron chi connectivity index (χ1n) is 11.1. The molecular formula is C22H32N2O11. The third kappa shape index (κ3) is 6.14. The summed E-state index contributed by atoms with van der Waals surface area (Å²) in [6, 6.07) is 5.70. The van der Waals surface area contributed by atoms with E-state index in [4.69, 9.17) is 18.9 Å². The predicted octanol–water partition coefficient (Wildman–Crippen LogP) is -3.16. The van der Waals surface area contributed by atoms with Crippen molar-refractivity contribution < 1.29 is 54.1 Å². The molecule has 0 aliphatic carbocycles. The summed E-state index contributed by atoms with van der Waals surface area (Å²) in [4.78, 5) is 24.3. The van der Waals surface area contributed by atoms with Crippen molar-refractivity contribution in [3.8, 4) is 0 Å². The molecular weight excluding hydrogens is 468 g/mol. The summed E-state index contributed by atoms with van der Waals surface area (Å²) in [6.45, 7) is -0.0506. The van der Waals surface area contributed by atoms with Crippen LogP contribution in [-0.4, -0.2) is 119 Å². The van der Waals surface area contributed by atoms with Crippen LogP contribution >= 0.6 is 0 Å². The van der Waals surface area contributed by atoms with Gasteiger partial charge in [0.25, 0.3) is 5.91 Å². The number of methoxy groups -OCH3 is 1. The van der Waals surface area contributed by atoms with E-state index in [0.717, 1.165) is 0 Å². The van der Waals surface area contributed by atoms with Crippen LogP contribution in [0.25, 0.3) is 0 Å². The van der Waals surface area contributed by atoms with Crippen molar-refractivity contribution >= 4 is 11.8 Å². The predicted molar refractivity (Wildman–Crippen MR) is 117 cm³/mol. The van der Waals surface area contributed by atoms with Crippen molar-refractivity contribution in [3.63, 3.8) is 0 Å². The molecule has 2 aliphatic heterocycles. The highest BCUT2D eigenvalue weighted by Crippen LogP contribution is 2.29. The van der Waals surface area contributed by atoms with Gasteiger partial charge in [-0.3, -0.25) is 9.59 Å². The fraction of sp³-hybridized carbons (Fsp3) is 0.636. The van der Waals surface area contributed by atoms with Crippen molar-refractivity contribution in [1.82, 2.24) is 10.6 Å². The van der Waals surface area contributed by atoms with Gasteiger partial charge >= 0.3 is 0 Å². The number of nitrogens with one attached hydrogen (secondary N) is 2. The number of hydrogen-bond donors (Lipinski definition) is 7. The van der Waals surface area contributed by atoms with E-state index in [-0.39, 0.29) is 5.56 Å². The van der Waals surface area contributed by atoms with E-state index in [1.54, 1.807) is 30.3 Å². The molecule has 0 radical (unpaired) electrons. The Morgan fingerprint density at radius 1 is 0.886 bits per heavy atom. The molecule has 35 heavy (non-hydrogen) atoms. The van der Waals surface area contributed by atoms with Crippen LogP contribution in [0.3, 0.4) is 0 Å². The first-order chi connectivity index (χ1) is 16.7. The molecule has 1 aromatic carbocycles. The number of aliphatic hydroxyl groups excluding tert-OH is 5. The van der Waals surface area contributed by atoms with Gasteiger partial charge in [0.1, 0.15) is 42.7 Å². The Morgan fingerprint density at radius 2 is 1.51 bits per heavy atom. The second-order valence-corrected chi connectivity index (χ2v) is 8.35. The molecule has 196 valence electrons. The molecule has 10 atom stereocenters. The standard InChI is InChI=1S/C22H32N2O11/c1-10(27)23-15-17(29)19(13(9-26)34-21(15)32-2)35-22-18(30)14(16(28)12(8-25)33-22)24-20(31)11-6-4-3-5-7-11/h3-7,12-19,21-22,25-26,28-30H,8-9H2,1-2H3,(H,23,27)(H,24,31). The lowest BCUT2D eigenvalue weighted by molar-refractivity contribution is -0.336. The van der Waals surface area contributed by atoms with Gasteiger partial charge in [-0.1, -0.05) is 18.2 Å². The minimum atomic E-state index is -1.65. The highest BCUT2D eigenvalue weighted by Gasteiger charge is 2.51. The maximum absolute atomic E-state index is 12.6.